The number of hydrogen-bond donors (Lipinski definition) is 0. The van der Waals surface area contributed by atoms with Gasteiger partial charge in [-0.15, -0.1) is 11.3 Å². The Balaban J connectivity index is 1.63. The van der Waals surface area contributed by atoms with E-state index in [1.54, 1.807) is 35.5 Å². The predicted molar refractivity (Wildman–Crippen MR) is 136 cm³/mol. The average molecular weight is 477 g/mol. The summed E-state index contributed by atoms with van der Waals surface area (Å²) in [6, 6.07) is 17.6. The van der Waals surface area contributed by atoms with Crippen molar-refractivity contribution in [1.29, 1.82) is 0 Å². The largest absolute Gasteiger partial charge is 0.496 e. The Kier molecular flexibility index (Phi) is 7.37. The smallest absolute Gasteiger partial charge is 0.258 e. The lowest BCUT2D eigenvalue weighted by Gasteiger charge is -2.38. The molecule has 5 nitrogen and oxygen atoms in total. The van der Waals surface area contributed by atoms with Gasteiger partial charge < -0.3 is 14.5 Å². The van der Waals surface area contributed by atoms with Crippen LogP contribution in [0, 0.1) is 12.8 Å². The van der Waals surface area contributed by atoms with Crippen molar-refractivity contribution in [3.8, 4) is 5.75 Å². The van der Waals surface area contributed by atoms with Crippen molar-refractivity contribution in [1.82, 2.24) is 9.80 Å². The molecule has 0 saturated carbocycles. The minimum atomic E-state index is -0.181. The second-order valence-electron chi connectivity index (χ2n) is 9.23. The Bertz CT molecular complexity index is 1150. The molecule has 0 radical (unpaired) electrons. The minimum absolute atomic E-state index is 0.0358. The van der Waals surface area contributed by atoms with E-state index in [1.165, 1.54) is 16.0 Å². The zero-order valence-corrected chi connectivity index (χ0v) is 21.1. The van der Waals surface area contributed by atoms with E-state index in [0.29, 0.717) is 24.4 Å². The third-order valence-corrected chi connectivity index (χ3v) is 7.21. The maximum Gasteiger partial charge on any atom is 0.258 e. The first kappa shape index (κ1) is 24.0. The highest BCUT2D eigenvalue weighted by Gasteiger charge is 2.34. The van der Waals surface area contributed by atoms with Crippen molar-refractivity contribution in [2.45, 2.75) is 33.2 Å². The Morgan fingerprint density at radius 2 is 1.85 bits per heavy atom. The Morgan fingerprint density at radius 3 is 2.56 bits per heavy atom. The number of ether oxygens (including phenoxy) is 1. The van der Waals surface area contributed by atoms with Crippen LogP contribution >= 0.6 is 11.3 Å². The molecule has 0 saturated heterocycles. The maximum atomic E-state index is 13.8. The number of benzene rings is 2. The highest BCUT2D eigenvalue weighted by atomic mass is 32.1. The molecule has 1 aliphatic heterocycles. The summed E-state index contributed by atoms with van der Waals surface area (Å²) < 4.78 is 5.42. The lowest BCUT2D eigenvalue weighted by atomic mass is 9.92. The fraction of sp³-hybridized carbons (Fsp3) is 0.357. The van der Waals surface area contributed by atoms with Gasteiger partial charge in [0.25, 0.3) is 5.91 Å². The average Bonchev–Trinajstić information content (AvgIpc) is 3.32. The van der Waals surface area contributed by atoms with Gasteiger partial charge in [-0.2, -0.15) is 0 Å². The topological polar surface area (TPSA) is 49.9 Å². The van der Waals surface area contributed by atoms with Gasteiger partial charge in [-0.05, 0) is 54.0 Å². The molecule has 1 aliphatic rings. The number of rotatable bonds is 7. The normalized spacial score (nSPS) is 15.2. The summed E-state index contributed by atoms with van der Waals surface area (Å²) in [5, 5.41) is 2.11. The summed E-state index contributed by atoms with van der Waals surface area (Å²) in [6.45, 7) is 7.35. The number of fused-ring (bicyclic) bond motifs is 1. The molecule has 4 rings (SSSR count). The highest BCUT2D eigenvalue weighted by Crippen LogP contribution is 2.38. The number of aryl methyl sites for hydroxylation is 1. The van der Waals surface area contributed by atoms with Crippen LogP contribution in [0.1, 0.15) is 51.8 Å². The van der Waals surface area contributed by atoms with E-state index in [0.717, 1.165) is 12.0 Å². The minimum Gasteiger partial charge on any atom is -0.496 e. The molecule has 1 unspecified atom stereocenters. The highest BCUT2D eigenvalue weighted by molar-refractivity contribution is 7.10. The molecule has 178 valence electrons. The van der Waals surface area contributed by atoms with E-state index in [-0.39, 0.29) is 30.3 Å². The third kappa shape index (κ3) is 5.02. The molecular formula is C28H32N2O3S. The van der Waals surface area contributed by atoms with Crippen LogP contribution < -0.4 is 4.74 Å². The number of hydrogen-bond acceptors (Lipinski definition) is 4. The molecule has 0 fully saturated rings. The molecule has 1 aromatic heterocycles. The number of nitrogens with zero attached hydrogens (tertiary/aromatic N) is 2. The first-order valence-electron chi connectivity index (χ1n) is 11.7. The molecule has 0 aliphatic carbocycles. The van der Waals surface area contributed by atoms with Crippen molar-refractivity contribution >= 4 is 23.2 Å². The lowest BCUT2D eigenvalue weighted by molar-refractivity contribution is -0.134. The maximum absolute atomic E-state index is 13.8. The summed E-state index contributed by atoms with van der Waals surface area (Å²) in [5.41, 5.74) is 3.96. The van der Waals surface area contributed by atoms with Crippen LogP contribution in [0.2, 0.25) is 0 Å². The molecule has 6 heteroatoms. The molecule has 0 spiro atoms. The van der Waals surface area contributed by atoms with Gasteiger partial charge in [-0.25, -0.2) is 0 Å². The second kappa shape index (κ2) is 10.4. The van der Waals surface area contributed by atoms with E-state index in [2.05, 4.69) is 56.5 Å². The van der Waals surface area contributed by atoms with Gasteiger partial charge in [0.15, 0.2) is 0 Å². The van der Waals surface area contributed by atoms with E-state index in [1.807, 2.05) is 17.0 Å². The Labute approximate surface area is 206 Å². The van der Waals surface area contributed by atoms with E-state index in [9.17, 15) is 9.59 Å². The SMILES string of the molecule is COc1ccccc1C(=O)N(CC(=O)N1CCc2sccc2C1c1ccc(C)cc1)CC(C)C. The standard InChI is InChI=1S/C28H32N2O3S/c1-19(2)17-29(28(32)22-7-5-6-8-24(22)33-4)18-26(31)30-15-13-25-23(14-16-34-25)27(30)21-11-9-20(3)10-12-21/h5-12,14,16,19,27H,13,15,17-18H2,1-4H3. The fourth-order valence-electron chi connectivity index (χ4n) is 4.60. The molecule has 2 heterocycles. The van der Waals surface area contributed by atoms with Gasteiger partial charge in [0.05, 0.1) is 18.7 Å². The molecule has 0 bridgehead atoms. The number of methoxy groups -OCH3 is 1. The van der Waals surface area contributed by atoms with Crippen molar-refractivity contribution in [3.63, 3.8) is 0 Å². The van der Waals surface area contributed by atoms with Crippen LogP contribution in [0.15, 0.2) is 60.0 Å². The summed E-state index contributed by atoms with van der Waals surface area (Å²) in [5.74, 6) is 0.530. The molecule has 2 amide bonds. The Hall–Kier alpha value is -3.12. The van der Waals surface area contributed by atoms with Crippen LogP contribution in [-0.2, 0) is 11.2 Å². The number of amides is 2. The van der Waals surface area contributed by atoms with Gasteiger partial charge in [-0.1, -0.05) is 55.8 Å². The molecular weight excluding hydrogens is 444 g/mol. The number of thiophene rings is 1. The van der Waals surface area contributed by atoms with Crippen LogP contribution in [0.3, 0.4) is 0 Å². The van der Waals surface area contributed by atoms with E-state index >= 15 is 0 Å². The van der Waals surface area contributed by atoms with Crippen molar-refractivity contribution < 1.29 is 14.3 Å². The number of para-hydroxylation sites is 1. The molecule has 2 aromatic carbocycles. The molecule has 1 atom stereocenters. The predicted octanol–water partition coefficient (Wildman–Crippen LogP) is 5.34. The van der Waals surface area contributed by atoms with Gasteiger partial charge >= 0.3 is 0 Å². The summed E-state index contributed by atoms with van der Waals surface area (Å²) in [6.07, 6.45) is 0.839. The molecule has 3 aromatic rings. The first-order valence-corrected chi connectivity index (χ1v) is 12.6. The van der Waals surface area contributed by atoms with Crippen molar-refractivity contribution in [2.24, 2.45) is 5.92 Å². The quantitative estimate of drug-likeness (QED) is 0.463. The van der Waals surface area contributed by atoms with Gasteiger partial charge in [0.1, 0.15) is 12.3 Å². The fourth-order valence-corrected chi connectivity index (χ4v) is 5.50. The van der Waals surface area contributed by atoms with Gasteiger partial charge in [0, 0.05) is 18.0 Å². The lowest BCUT2D eigenvalue weighted by Crippen LogP contribution is -2.47. The Morgan fingerprint density at radius 1 is 1.12 bits per heavy atom. The van der Waals surface area contributed by atoms with Crippen LogP contribution in [-0.4, -0.2) is 48.4 Å². The van der Waals surface area contributed by atoms with Crippen molar-refractivity contribution in [3.05, 3.63) is 87.1 Å². The summed E-state index contributed by atoms with van der Waals surface area (Å²) in [4.78, 5) is 32.2. The first-order chi connectivity index (χ1) is 16.4. The monoisotopic (exact) mass is 476 g/mol. The molecule has 34 heavy (non-hydrogen) atoms. The van der Waals surface area contributed by atoms with Gasteiger partial charge in [-0.3, -0.25) is 9.59 Å². The summed E-state index contributed by atoms with van der Waals surface area (Å²) >= 11 is 1.75. The third-order valence-electron chi connectivity index (χ3n) is 6.22. The second-order valence-corrected chi connectivity index (χ2v) is 10.2. The zero-order chi connectivity index (χ0) is 24.2. The number of carbonyl (C=O) groups excluding carboxylic acids is 2. The van der Waals surface area contributed by atoms with E-state index in [4.69, 9.17) is 4.74 Å². The van der Waals surface area contributed by atoms with Crippen LogP contribution in [0.5, 0.6) is 5.75 Å². The number of carbonyl (C=O) groups is 2. The van der Waals surface area contributed by atoms with E-state index < -0.39 is 0 Å². The van der Waals surface area contributed by atoms with Crippen LogP contribution in [0.25, 0.3) is 0 Å². The van der Waals surface area contributed by atoms with Gasteiger partial charge in [0.2, 0.25) is 5.91 Å². The van der Waals surface area contributed by atoms with Crippen LogP contribution in [0.4, 0.5) is 0 Å². The summed E-state index contributed by atoms with van der Waals surface area (Å²) in [7, 11) is 1.56. The zero-order valence-electron chi connectivity index (χ0n) is 20.3. The van der Waals surface area contributed by atoms with Crippen molar-refractivity contribution in [2.75, 3.05) is 26.7 Å². The molecule has 0 N–H and O–H groups in total.